The Morgan fingerprint density at radius 1 is 1.30 bits per heavy atom. The van der Waals surface area contributed by atoms with Gasteiger partial charge in [0.1, 0.15) is 0 Å². The van der Waals surface area contributed by atoms with Crippen molar-refractivity contribution in [1.82, 2.24) is 10.3 Å². The van der Waals surface area contributed by atoms with Crippen LogP contribution < -0.4 is 20.1 Å². The Kier molecular flexibility index (Phi) is 6.09. The van der Waals surface area contributed by atoms with Gasteiger partial charge in [-0.05, 0) is 30.4 Å². The molecule has 2 atom stereocenters. The van der Waals surface area contributed by atoms with Gasteiger partial charge in [-0.3, -0.25) is 0 Å². The summed E-state index contributed by atoms with van der Waals surface area (Å²) >= 11 is 12.7. The van der Waals surface area contributed by atoms with Crippen molar-refractivity contribution in [3.05, 3.63) is 23.6 Å². The van der Waals surface area contributed by atoms with E-state index in [1.54, 1.807) is 14.2 Å². The number of thiazole rings is 1. The Hall–Kier alpha value is -1.62. The van der Waals surface area contributed by atoms with E-state index in [2.05, 4.69) is 15.6 Å². The average molecular weight is 448 g/mol. The van der Waals surface area contributed by atoms with E-state index in [0.717, 1.165) is 11.3 Å². The second-order valence-electron chi connectivity index (χ2n) is 5.91. The van der Waals surface area contributed by atoms with Crippen LogP contribution in [0.3, 0.4) is 0 Å². The van der Waals surface area contributed by atoms with Gasteiger partial charge in [-0.15, -0.1) is 22.9 Å². The molecule has 0 spiro atoms. The molecule has 2 heterocycles. The second kappa shape index (κ2) is 8.17. The van der Waals surface area contributed by atoms with Gasteiger partial charge in [-0.25, -0.2) is 13.4 Å². The molecule has 0 bridgehead atoms. The zero-order valence-corrected chi connectivity index (χ0v) is 17.8. The molecule has 2 N–H and O–H groups in total. The Balaban J connectivity index is 1.67. The third-order valence-corrected chi connectivity index (χ3v) is 7.36. The predicted molar refractivity (Wildman–Crippen MR) is 112 cm³/mol. The van der Waals surface area contributed by atoms with E-state index in [0.29, 0.717) is 16.6 Å². The number of nitrogens with zero attached hydrogens (tertiary/aromatic N) is 1. The molecule has 1 aliphatic heterocycles. The summed E-state index contributed by atoms with van der Waals surface area (Å²) in [6.07, 6.45) is 0. The van der Waals surface area contributed by atoms with Crippen molar-refractivity contribution in [2.24, 2.45) is 0 Å². The van der Waals surface area contributed by atoms with Crippen molar-refractivity contribution >= 4 is 55.2 Å². The van der Waals surface area contributed by atoms with Crippen LogP contribution in [0.25, 0.3) is 11.3 Å². The van der Waals surface area contributed by atoms with Crippen LogP contribution in [0.15, 0.2) is 23.6 Å². The number of thiocarbonyl (C=S) groups is 1. The van der Waals surface area contributed by atoms with Crippen molar-refractivity contribution < 1.29 is 17.9 Å². The number of aromatic nitrogens is 1. The standard InChI is InChI=1S/C16H18ClN3O4S3/c1-23-13-4-3-9(5-14(13)24-2)11-6-26-16(19-11)20-15(25)18-12-8-27(21,22)7-10(12)17/h3-6,10,12H,7-8H2,1-2H3,(H2,18,19,20,25)/t10-,12+/m1/s1. The van der Waals surface area contributed by atoms with Gasteiger partial charge in [0.25, 0.3) is 0 Å². The molecule has 146 valence electrons. The number of hydrogen-bond acceptors (Lipinski definition) is 7. The van der Waals surface area contributed by atoms with Gasteiger partial charge in [-0.2, -0.15) is 0 Å². The topological polar surface area (TPSA) is 89.6 Å². The highest BCUT2D eigenvalue weighted by molar-refractivity contribution is 7.91. The number of methoxy groups -OCH3 is 2. The Bertz CT molecular complexity index is 948. The summed E-state index contributed by atoms with van der Waals surface area (Å²) in [4.78, 5) is 4.51. The summed E-state index contributed by atoms with van der Waals surface area (Å²) < 4.78 is 33.8. The Morgan fingerprint density at radius 3 is 2.67 bits per heavy atom. The van der Waals surface area contributed by atoms with Gasteiger partial charge >= 0.3 is 0 Å². The van der Waals surface area contributed by atoms with Crippen molar-refractivity contribution in [2.45, 2.75) is 11.4 Å². The molecule has 1 aromatic heterocycles. The number of sulfone groups is 1. The lowest BCUT2D eigenvalue weighted by molar-refractivity contribution is 0.355. The van der Waals surface area contributed by atoms with Gasteiger partial charge < -0.3 is 20.1 Å². The zero-order valence-electron chi connectivity index (χ0n) is 14.6. The van der Waals surface area contributed by atoms with Crippen LogP contribution in [-0.2, 0) is 9.84 Å². The van der Waals surface area contributed by atoms with Crippen LogP contribution in [0.4, 0.5) is 5.13 Å². The molecular formula is C16H18ClN3O4S3. The van der Waals surface area contributed by atoms with Crippen LogP contribution in [0.1, 0.15) is 0 Å². The van der Waals surface area contributed by atoms with E-state index >= 15 is 0 Å². The number of hydrogen-bond donors (Lipinski definition) is 2. The number of halogens is 1. The molecule has 1 aromatic carbocycles. The molecule has 0 radical (unpaired) electrons. The lowest BCUT2D eigenvalue weighted by Crippen LogP contribution is -2.42. The quantitative estimate of drug-likeness (QED) is 0.533. The molecule has 1 saturated heterocycles. The van der Waals surface area contributed by atoms with E-state index in [1.165, 1.54) is 11.3 Å². The first-order valence-electron chi connectivity index (χ1n) is 7.91. The lowest BCUT2D eigenvalue weighted by Gasteiger charge is -2.16. The van der Waals surface area contributed by atoms with Crippen LogP contribution >= 0.6 is 35.2 Å². The number of nitrogens with one attached hydrogen (secondary N) is 2. The summed E-state index contributed by atoms with van der Waals surface area (Å²) in [6, 6.07) is 5.13. The fourth-order valence-corrected chi connectivity index (χ4v) is 6.28. The number of anilines is 1. The summed E-state index contributed by atoms with van der Waals surface area (Å²) in [6.45, 7) is 0. The largest absolute Gasteiger partial charge is 0.493 e. The summed E-state index contributed by atoms with van der Waals surface area (Å²) in [5, 5.41) is 8.19. The molecule has 0 unspecified atom stereocenters. The highest BCUT2D eigenvalue weighted by atomic mass is 35.5. The molecule has 11 heteroatoms. The molecule has 0 saturated carbocycles. The molecule has 1 aliphatic rings. The molecule has 2 aromatic rings. The summed E-state index contributed by atoms with van der Waals surface area (Å²) in [5.74, 6) is 1.18. The van der Waals surface area contributed by atoms with E-state index in [9.17, 15) is 8.42 Å². The van der Waals surface area contributed by atoms with E-state index < -0.39 is 21.3 Å². The van der Waals surface area contributed by atoms with Crippen LogP contribution in [0.2, 0.25) is 0 Å². The minimum absolute atomic E-state index is 0.0300. The highest BCUT2D eigenvalue weighted by Crippen LogP contribution is 2.33. The monoisotopic (exact) mass is 447 g/mol. The second-order valence-corrected chi connectivity index (χ2v) is 9.89. The minimum Gasteiger partial charge on any atom is -0.493 e. The maximum atomic E-state index is 11.6. The highest BCUT2D eigenvalue weighted by Gasteiger charge is 2.36. The first kappa shape index (κ1) is 20.1. The Labute approximate surface area is 172 Å². The molecule has 0 aliphatic carbocycles. The van der Waals surface area contributed by atoms with Crippen molar-refractivity contribution in [3.8, 4) is 22.8 Å². The van der Waals surface area contributed by atoms with E-state index in [1.807, 2.05) is 23.6 Å². The van der Waals surface area contributed by atoms with Gasteiger partial charge in [-0.1, -0.05) is 0 Å². The Morgan fingerprint density at radius 2 is 2.04 bits per heavy atom. The van der Waals surface area contributed by atoms with Crippen LogP contribution in [0, 0.1) is 0 Å². The van der Waals surface area contributed by atoms with Crippen LogP contribution in [-0.4, -0.2) is 55.7 Å². The lowest BCUT2D eigenvalue weighted by atomic mass is 10.1. The van der Waals surface area contributed by atoms with E-state index in [4.69, 9.17) is 33.3 Å². The van der Waals surface area contributed by atoms with Crippen molar-refractivity contribution in [1.29, 1.82) is 0 Å². The van der Waals surface area contributed by atoms with Crippen molar-refractivity contribution in [2.75, 3.05) is 31.0 Å². The third kappa shape index (κ3) is 4.81. The summed E-state index contributed by atoms with van der Waals surface area (Å²) in [7, 11) is 0.0328. The van der Waals surface area contributed by atoms with E-state index in [-0.39, 0.29) is 16.6 Å². The zero-order chi connectivity index (χ0) is 19.6. The third-order valence-electron chi connectivity index (χ3n) is 4.00. The first-order chi connectivity index (χ1) is 12.8. The maximum Gasteiger partial charge on any atom is 0.189 e. The maximum absolute atomic E-state index is 11.6. The minimum atomic E-state index is -3.12. The number of benzene rings is 1. The first-order valence-corrected chi connectivity index (χ1v) is 11.5. The number of ether oxygens (including phenoxy) is 2. The smallest absolute Gasteiger partial charge is 0.189 e. The molecule has 3 rings (SSSR count). The van der Waals surface area contributed by atoms with Gasteiger partial charge in [0.05, 0.1) is 42.8 Å². The normalized spacial score (nSPS) is 20.9. The van der Waals surface area contributed by atoms with Gasteiger partial charge in [0.2, 0.25) is 0 Å². The average Bonchev–Trinajstić information content (AvgIpc) is 3.17. The van der Waals surface area contributed by atoms with Crippen LogP contribution in [0.5, 0.6) is 11.5 Å². The summed E-state index contributed by atoms with van der Waals surface area (Å²) in [5.41, 5.74) is 1.63. The van der Waals surface area contributed by atoms with Gasteiger partial charge in [0.15, 0.2) is 31.6 Å². The fraction of sp³-hybridized carbons (Fsp3) is 0.375. The number of rotatable bonds is 5. The predicted octanol–water partition coefficient (Wildman–Crippen LogP) is 2.52. The molecular weight excluding hydrogens is 430 g/mol. The van der Waals surface area contributed by atoms with Crippen molar-refractivity contribution in [3.63, 3.8) is 0 Å². The number of alkyl halides is 1. The van der Waals surface area contributed by atoms with Gasteiger partial charge in [0, 0.05) is 10.9 Å². The molecule has 0 amide bonds. The molecule has 1 fully saturated rings. The fourth-order valence-electron chi connectivity index (χ4n) is 2.70. The molecule has 27 heavy (non-hydrogen) atoms. The molecule has 7 nitrogen and oxygen atoms in total. The SMILES string of the molecule is COc1ccc(-c2csc(NC(=S)N[C@H]3CS(=O)(=O)C[C@H]3Cl)n2)cc1OC.